The topological polar surface area (TPSA) is 18.5 Å². The van der Waals surface area contributed by atoms with E-state index in [0.717, 1.165) is 30.6 Å². The van der Waals surface area contributed by atoms with Gasteiger partial charge in [0, 0.05) is 14.2 Å². The Morgan fingerprint density at radius 3 is 2.37 bits per heavy atom. The minimum atomic E-state index is -0.574. The summed E-state index contributed by atoms with van der Waals surface area (Å²) in [5.41, 5.74) is -0.574. The number of hydrogen-bond donors (Lipinski definition) is 0. The second kappa shape index (κ2) is 7.05. The molecular weight excluding hydrogens is 252 g/mol. The third-order valence-electron chi connectivity index (χ3n) is 4.91. The average Bonchev–Trinajstić information content (AvgIpc) is 3.04. The predicted molar refractivity (Wildman–Crippen MR) is 79.0 cm³/mol. The normalized spacial score (nSPS) is 29.3. The van der Waals surface area contributed by atoms with Gasteiger partial charge >= 0.3 is 0 Å². The molecule has 2 nitrogen and oxygen atoms in total. The maximum atomic E-state index is 5.29. The van der Waals surface area contributed by atoms with Crippen LogP contribution in [0.15, 0.2) is 12.2 Å². The van der Waals surface area contributed by atoms with Gasteiger partial charge in [0.15, 0.2) is 0 Å². The van der Waals surface area contributed by atoms with Crippen LogP contribution in [-0.4, -0.2) is 29.9 Å². The summed E-state index contributed by atoms with van der Waals surface area (Å²) in [6.45, 7) is 0. The molecule has 1 fully saturated rings. The van der Waals surface area contributed by atoms with Crippen LogP contribution in [0.2, 0.25) is 0 Å². The largest absolute Gasteiger partial charge is 0.358 e. The van der Waals surface area contributed by atoms with Crippen molar-refractivity contribution >= 4 is 10.2 Å². The number of allylic oxidation sites excluding steroid dienone is 2. The van der Waals surface area contributed by atoms with Gasteiger partial charge in [-0.05, 0) is 49.9 Å². The first-order valence-corrected chi connectivity index (χ1v) is 8.20. The van der Waals surface area contributed by atoms with Crippen molar-refractivity contribution in [1.82, 2.24) is 0 Å². The number of rotatable bonds is 9. The van der Waals surface area contributed by atoms with E-state index in [-0.39, 0.29) is 0 Å². The molecule has 3 unspecified atom stereocenters. The zero-order valence-corrected chi connectivity index (χ0v) is 13.4. The highest BCUT2D eigenvalue weighted by Gasteiger charge is 2.34. The second-order valence-electron chi connectivity index (χ2n) is 6.15. The van der Waals surface area contributed by atoms with Crippen molar-refractivity contribution in [2.24, 2.45) is 17.8 Å². The van der Waals surface area contributed by atoms with Crippen LogP contribution in [-0.2, 0) is 9.47 Å². The van der Waals surface area contributed by atoms with Crippen molar-refractivity contribution < 1.29 is 9.47 Å². The van der Waals surface area contributed by atoms with Gasteiger partial charge in [0.2, 0.25) is 0 Å². The average molecular weight is 279 g/mol. The van der Waals surface area contributed by atoms with Gasteiger partial charge in [0.1, 0.15) is 15.7 Å². The quantitative estimate of drug-likeness (QED) is 0.277. The van der Waals surface area contributed by atoms with Crippen LogP contribution >= 0.6 is 0 Å². The van der Waals surface area contributed by atoms with E-state index in [2.05, 4.69) is 22.4 Å². The summed E-state index contributed by atoms with van der Waals surface area (Å²) in [5, 5.41) is 0. The zero-order valence-electron chi connectivity index (χ0n) is 12.4. The summed E-state index contributed by atoms with van der Waals surface area (Å²) in [5.74, 6) is 2.83. The van der Waals surface area contributed by atoms with Crippen LogP contribution in [0.5, 0.6) is 0 Å². The van der Waals surface area contributed by atoms with E-state index in [4.69, 9.17) is 9.47 Å². The van der Waals surface area contributed by atoms with Gasteiger partial charge in [-0.2, -0.15) is 0 Å². The Morgan fingerprint density at radius 1 is 1.05 bits per heavy atom. The van der Waals surface area contributed by atoms with Gasteiger partial charge in [0.25, 0.3) is 0 Å². The third kappa shape index (κ3) is 4.17. The van der Waals surface area contributed by atoms with Gasteiger partial charge in [0.05, 0.1) is 0 Å². The van der Waals surface area contributed by atoms with Crippen LogP contribution < -0.4 is 0 Å². The molecule has 0 aromatic rings. The monoisotopic (exact) mass is 279 g/mol. The molecule has 0 N–H and O–H groups in total. The van der Waals surface area contributed by atoms with Crippen molar-refractivity contribution in [3.05, 3.63) is 12.2 Å². The molecule has 2 aliphatic rings. The Hall–Kier alpha value is -0.123. The van der Waals surface area contributed by atoms with E-state index in [1.807, 2.05) is 0 Å². The lowest BCUT2D eigenvalue weighted by molar-refractivity contribution is -0.146. The molecule has 2 bridgehead atoms. The molecule has 0 amide bonds. The Labute approximate surface area is 121 Å². The van der Waals surface area contributed by atoms with Crippen molar-refractivity contribution in [2.75, 3.05) is 14.2 Å². The first-order valence-electron chi connectivity index (χ1n) is 7.70. The van der Waals surface area contributed by atoms with Crippen LogP contribution in [0.25, 0.3) is 0 Å². The van der Waals surface area contributed by atoms with Gasteiger partial charge < -0.3 is 9.47 Å². The SMILES string of the molecule is COC([Si])(CCCCCCC1CC2C=CC1C2)OC. The molecule has 107 valence electrons. The van der Waals surface area contributed by atoms with E-state index in [1.165, 1.54) is 38.5 Å². The highest BCUT2D eigenvalue weighted by atomic mass is 28.1. The molecule has 0 aromatic carbocycles. The van der Waals surface area contributed by atoms with Crippen molar-refractivity contribution in [3.8, 4) is 0 Å². The molecule has 0 aromatic heterocycles. The van der Waals surface area contributed by atoms with Crippen molar-refractivity contribution in [1.29, 1.82) is 0 Å². The number of hydrogen-bond acceptors (Lipinski definition) is 2. The molecule has 3 atom stereocenters. The van der Waals surface area contributed by atoms with E-state index in [9.17, 15) is 0 Å². The molecule has 2 rings (SSSR count). The first-order chi connectivity index (χ1) is 9.17. The molecule has 3 heteroatoms. The van der Waals surface area contributed by atoms with E-state index in [1.54, 1.807) is 14.2 Å². The summed E-state index contributed by atoms with van der Waals surface area (Å²) < 4.78 is 10.6. The molecule has 0 spiro atoms. The highest BCUT2D eigenvalue weighted by Crippen LogP contribution is 2.45. The molecule has 0 saturated heterocycles. The van der Waals surface area contributed by atoms with Crippen molar-refractivity contribution in [3.63, 3.8) is 0 Å². The Kier molecular flexibility index (Phi) is 5.66. The summed E-state index contributed by atoms with van der Waals surface area (Å²) in [6, 6.07) is 0. The first kappa shape index (κ1) is 15.3. The van der Waals surface area contributed by atoms with Crippen LogP contribution in [0, 0.1) is 17.8 Å². The molecule has 0 aliphatic heterocycles. The van der Waals surface area contributed by atoms with Crippen LogP contribution in [0.1, 0.15) is 51.4 Å². The lowest BCUT2D eigenvalue weighted by Crippen LogP contribution is -2.33. The number of fused-ring (bicyclic) bond motifs is 2. The molecule has 19 heavy (non-hydrogen) atoms. The van der Waals surface area contributed by atoms with Crippen LogP contribution in [0.3, 0.4) is 0 Å². The lowest BCUT2D eigenvalue weighted by Gasteiger charge is -2.26. The smallest absolute Gasteiger partial charge is 0.143 e. The third-order valence-corrected chi connectivity index (χ3v) is 5.56. The van der Waals surface area contributed by atoms with Gasteiger partial charge in [-0.1, -0.05) is 31.4 Å². The Bertz CT molecular complexity index is 299. The lowest BCUT2D eigenvalue weighted by atomic mass is 9.88. The van der Waals surface area contributed by atoms with Gasteiger partial charge in [-0.15, -0.1) is 0 Å². The van der Waals surface area contributed by atoms with E-state index >= 15 is 0 Å². The fourth-order valence-electron chi connectivity index (χ4n) is 3.63. The summed E-state index contributed by atoms with van der Waals surface area (Å²) in [4.78, 5) is 0. The van der Waals surface area contributed by atoms with Crippen LogP contribution in [0.4, 0.5) is 0 Å². The van der Waals surface area contributed by atoms with E-state index in [0.29, 0.717) is 0 Å². The summed E-state index contributed by atoms with van der Waals surface area (Å²) >= 11 is 0. The molecule has 0 heterocycles. The maximum Gasteiger partial charge on any atom is 0.143 e. The fourth-order valence-corrected chi connectivity index (χ4v) is 3.81. The molecule has 3 radical (unpaired) electrons. The molecule has 1 saturated carbocycles. The maximum absolute atomic E-state index is 5.29. The second-order valence-corrected chi connectivity index (χ2v) is 6.92. The standard InChI is InChI=1S/C16H27O2Si/c1-17-16(19,18-2)10-6-4-3-5-7-14-11-13-8-9-15(14)12-13/h8-9,13-15H,3-7,10-12H2,1-2H3. The fraction of sp³-hybridized carbons (Fsp3) is 0.875. The van der Waals surface area contributed by atoms with E-state index < -0.39 is 5.41 Å². The number of methoxy groups -OCH3 is 2. The molecule has 2 aliphatic carbocycles. The minimum Gasteiger partial charge on any atom is -0.358 e. The van der Waals surface area contributed by atoms with Gasteiger partial charge in [-0.25, -0.2) is 0 Å². The minimum absolute atomic E-state index is 0.574. The molecular formula is C16H27O2Si. The van der Waals surface area contributed by atoms with Gasteiger partial charge in [-0.3, -0.25) is 0 Å². The Balaban J connectivity index is 1.50. The summed E-state index contributed by atoms with van der Waals surface area (Å²) in [6.07, 6.45) is 15.3. The Morgan fingerprint density at radius 2 is 1.79 bits per heavy atom. The zero-order chi connectivity index (χ0) is 13.7. The summed E-state index contributed by atoms with van der Waals surface area (Å²) in [7, 11) is 6.89. The van der Waals surface area contributed by atoms with Crippen molar-refractivity contribution in [2.45, 2.75) is 56.8 Å². The predicted octanol–water partition coefficient (Wildman–Crippen LogP) is 3.65. The number of unbranched alkanes of at least 4 members (excludes halogenated alkanes) is 3. The highest BCUT2D eigenvalue weighted by molar-refractivity contribution is 6.13. The number of ether oxygens (including phenoxy) is 2.